The molecule has 0 fully saturated rings. The number of furan rings is 1. The van der Waals surface area contributed by atoms with Crippen molar-refractivity contribution in [2.75, 3.05) is 0 Å². The number of ether oxygens (including phenoxy) is 1. The third-order valence-electron chi connectivity index (χ3n) is 4.27. The summed E-state index contributed by atoms with van der Waals surface area (Å²) < 4.78 is 35.6. The van der Waals surface area contributed by atoms with Crippen molar-refractivity contribution in [2.45, 2.75) is 44.7 Å². The van der Waals surface area contributed by atoms with E-state index in [9.17, 15) is 13.2 Å². The van der Waals surface area contributed by atoms with Gasteiger partial charge in [-0.1, -0.05) is 13.3 Å². The summed E-state index contributed by atoms with van der Waals surface area (Å²) in [5.74, 6) is 0.525. The number of imidazole rings is 1. The SMILES string of the molecule is CCCCn1c(COC(=O)c2ccoc2C)nc2cc(S(N)(=O)=O)ccc21. The predicted octanol–water partition coefficient (Wildman–Crippen LogP) is 2.74. The van der Waals surface area contributed by atoms with Crippen molar-refractivity contribution in [3.8, 4) is 0 Å². The van der Waals surface area contributed by atoms with Gasteiger partial charge in [-0.25, -0.2) is 23.3 Å². The van der Waals surface area contributed by atoms with E-state index in [4.69, 9.17) is 14.3 Å². The van der Waals surface area contributed by atoms with Gasteiger partial charge in [-0.05, 0) is 37.6 Å². The highest BCUT2D eigenvalue weighted by Crippen LogP contribution is 2.22. The maximum atomic E-state index is 12.2. The number of carbonyl (C=O) groups excluding carboxylic acids is 1. The molecule has 0 bridgehead atoms. The molecule has 0 amide bonds. The second-order valence-electron chi connectivity index (χ2n) is 6.20. The molecule has 144 valence electrons. The molecule has 0 aliphatic rings. The lowest BCUT2D eigenvalue weighted by Gasteiger charge is -2.09. The first kappa shape index (κ1) is 19.1. The quantitative estimate of drug-likeness (QED) is 0.619. The summed E-state index contributed by atoms with van der Waals surface area (Å²) in [6.45, 7) is 4.40. The van der Waals surface area contributed by atoms with Gasteiger partial charge < -0.3 is 13.7 Å². The average Bonchev–Trinajstić information content (AvgIpc) is 3.19. The van der Waals surface area contributed by atoms with Crippen LogP contribution < -0.4 is 5.14 Å². The Morgan fingerprint density at radius 1 is 1.33 bits per heavy atom. The van der Waals surface area contributed by atoms with Gasteiger partial charge in [0, 0.05) is 6.54 Å². The summed E-state index contributed by atoms with van der Waals surface area (Å²) >= 11 is 0. The second kappa shape index (κ2) is 7.53. The topological polar surface area (TPSA) is 117 Å². The van der Waals surface area contributed by atoms with Crippen LogP contribution in [-0.2, 0) is 27.9 Å². The van der Waals surface area contributed by atoms with Crippen LogP contribution in [0, 0.1) is 6.92 Å². The largest absolute Gasteiger partial charge is 0.469 e. The number of fused-ring (bicyclic) bond motifs is 1. The smallest absolute Gasteiger partial charge is 0.342 e. The molecule has 0 aliphatic heterocycles. The van der Waals surface area contributed by atoms with E-state index in [1.54, 1.807) is 19.1 Å². The van der Waals surface area contributed by atoms with E-state index in [1.807, 2.05) is 4.57 Å². The van der Waals surface area contributed by atoms with E-state index in [2.05, 4.69) is 11.9 Å². The molecule has 27 heavy (non-hydrogen) atoms. The summed E-state index contributed by atoms with van der Waals surface area (Å²) in [4.78, 5) is 16.7. The fourth-order valence-corrected chi connectivity index (χ4v) is 3.35. The summed E-state index contributed by atoms with van der Waals surface area (Å²) in [6, 6.07) is 6.10. The van der Waals surface area contributed by atoms with Crippen molar-refractivity contribution in [1.29, 1.82) is 0 Å². The zero-order valence-electron chi connectivity index (χ0n) is 15.1. The van der Waals surface area contributed by atoms with Crippen LogP contribution in [0.5, 0.6) is 0 Å². The highest BCUT2D eigenvalue weighted by molar-refractivity contribution is 7.89. The first-order chi connectivity index (χ1) is 12.8. The Morgan fingerprint density at radius 2 is 2.11 bits per heavy atom. The second-order valence-corrected chi connectivity index (χ2v) is 7.76. The highest BCUT2D eigenvalue weighted by atomic mass is 32.2. The number of sulfonamides is 1. The lowest BCUT2D eigenvalue weighted by atomic mass is 10.3. The number of hydrogen-bond acceptors (Lipinski definition) is 6. The van der Waals surface area contributed by atoms with Gasteiger partial charge in [0.2, 0.25) is 10.0 Å². The third kappa shape index (κ3) is 4.04. The molecule has 0 saturated carbocycles. The van der Waals surface area contributed by atoms with Crippen LogP contribution in [0.25, 0.3) is 11.0 Å². The number of benzene rings is 1. The number of hydrogen-bond donors (Lipinski definition) is 1. The van der Waals surface area contributed by atoms with Crippen LogP contribution >= 0.6 is 0 Å². The lowest BCUT2D eigenvalue weighted by molar-refractivity contribution is 0.0456. The first-order valence-electron chi connectivity index (χ1n) is 8.54. The molecule has 2 heterocycles. The first-order valence-corrected chi connectivity index (χ1v) is 10.1. The maximum Gasteiger partial charge on any atom is 0.342 e. The molecular formula is C18H21N3O5S. The molecule has 0 spiro atoms. The number of esters is 1. The van der Waals surface area contributed by atoms with Crippen molar-refractivity contribution in [1.82, 2.24) is 9.55 Å². The number of nitrogens with zero attached hydrogens (tertiary/aromatic N) is 2. The molecule has 0 atom stereocenters. The number of primary sulfonamides is 1. The van der Waals surface area contributed by atoms with Crippen LogP contribution in [0.2, 0.25) is 0 Å². The molecule has 0 radical (unpaired) electrons. The number of aryl methyl sites for hydroxylation is 2. The number of nitrogens with two attached hydrogens (primary N) is 1. The maximum absolute atomic E-state index is 12.2. The number of aromatic nitrogens is 2. The lowest BCUT2D eigenvalue weighted by Crippen LogP contribution is -2.12. The Kier molecular flexibility index (Phi) is 5.33. The summed E-state index contributed by atoms with van der Waals surface area (Å²) in [5, 5.41) is 5.20. The monoisotopic (exact) mass is 391 g/mol. The molecule has 3 rings (SSSR count). The fourth-order valence-electron chi connectivity index (χ4n) is 2.82. The van der Waals surface area contributed by atoms with E-state index in [0.29, 0.717) is 29.2 Å². The van der Waals surface area contributed by atoms with Gasteiger partial charge in [0.15, 0.2) is 0 Å². The molecular weight excluding hydrogens is 370 g/mol. The summed E-state index contributed by atoms with van der Waals surface area (Å²) in [7, 11) is -3.82. The molecule has 0 saturated heterocycles. The van der Waals surface area contributed by atoms with E-state index >= 15 is 0 Å². The Morgan fingerprint density at radius 3 is 2.74 bits per heavy atom. The van der Waals surface area contributed by atoms with E-state index in [-0.39, 0.29) is 11.5 Å². The normalized spacial score (nSPS) is 11.8. The average molecular weight is 391 g/mol. The van der Waals surface area contributed by atoms with E-state index in [0.717, 1.165) is 18.4 Å². The van der Waals surface area contributed by atoms with Crippen molar-refractivity contribution < 1.29 is 22.4 Å². The zero-order valence-corrected chi connectivity index (χ0v) is 16.0. The Hall–Kier alpha value is -2.65. The zero-order chi connectivity index (χ0) is 19.6. The predicted molar refractivity (Wildman–Crippen MR) is 98.6 cm³/mol. The molecule has 0 aliphatic carbocycles. The molecule has 2 aromatic heterocycles. The molecule has 2 N–H and O–H groups in total. The van der Waals surface area contributed by atoms with Gasteiger partial charge in [0.05, 0.1) is 22.2 Å². The minimum atomic E-state index is -3.82. The summed E-state index contributed by atoms with van der Waals surface area (Å²) in [6.07, 6.45) is 3.31. The number of carbonyl (C=O) groups is 1. The molecule has 1 aromatic carbocycles. The molecule has 8 nitrogen and oxygen atoms in total. The molecule has 9 heteroatoms. The Bertz CT molecular complexity index is 1080. The van der Waals surface area contributed by atoms with Crippen LogP contribution in [0.1, 0.15) is 41.7 Å². The Labute approximate surface area is 157 Å². The van der Waals surface area contributed by atoms with Crippen LogP contribution in [0.15, 0.2) is 39.8 Å². The van der Waals surface area contributed by atoms with Crippen LogP contribution in [-0.4, -0.2) is 23.9 Å². The minimum Gasteiger partial charge on any atom is -0.469 e. The Balaban J connectivity index is 1.92. The van der Waals surface area contributed by atoms with Gasteiger partial charge in [0.1, 0.15) is 23.8 Å². The summed E-state index contributed by atoms with van der Waals surface area (Å²) in [5.41, 5.74) is 1.62. The van der Waals surface area contributed by atoms with Crippen molar-refractivity contribution in [3.63, 3.8) is 0 Å². The van der Waals surface area contributed by atoms with Crippen molar-refractivity contribution in [3.05, 3.63) is 47.7 Å². The van der Waals surface area contributed by atoms with E-state index < -0.39 is 16.0 Å². The molecule has 3 aromatic rings. The number of unbranched alkanes of at least 4 members (excludes halogenated alkanes) is 1. The standard InChI is InChI=1S/C18H21N3O5S/c1-3-4-8-21-16-6-5-13(27(19,23)24)10-15(16)20-17(21)11-26-18(22)14-7-9-25-12(14)2/h5-7,9-10H,3-4,8,11H2,1-2H3,(H2,19,23,24). The minimum absolute atomic E-state index is 0.00675. The van der Waals surface area contributed by atoms with Gasteiger partial charge in [-0.3, -0.25) is 0 Å². The van der Waals surface area contributed by atoms with Crippen molar-refractivity contribution >= 4 is 27.0 Å². The molecule has 0 unspecified atom stereocenters. The van der Waals surface area contributed by atoms with Gasteiger partial charge in [-0.2, -0.15) is 0 Å². The van der Waals surface area contributed by atoms with Gasteiger partial charge >= 0.3 is 5.97 Å². The third-order valence-corrected chi connectivity index (χ3v) is 5.18. The van der Waals surface area contributed by atoms with Crippen LogP contribution in [0.3, 0.4) is 0 Å². The van der Waals surface area contributed by atoms with E-state index in [1.165, 1.54) is 18.4 Å². The number of rotatable bonds is 7. The highest BCUT2D eigenvalue weighted by Gasteiger charge is 2.18. The van der Waals surface area contributed by atoms with Gasteiger partial charge in [0.25, 0.3) is 0 Å². The fraction of sp³-hybridized carbons (Fsp3) is 0.333. The van der Waals surface area contributed by atoms with Crippen LogP contribution in [0.4, 0.5) is 0 Å². The van der Waals surface area contributed by atoms with Gasteiger partial charge in [-0.15, -0.1) is 0 Å². The van der Waals surface area contributed by atoms with Crippen molar-refractivity contribution in [2.24, 2.45) is 5.14 Å².